The third-order valence-electron chi connectivity index (χ3n) is 4.19. The monoisotopic (exact) mass is 373 g/mol. The average molecular weight is 374 g/mol. The molecule has 0 aliphatic carbocycles. The molecule has 7 heteroatoms. The van der Waals surface area contributed by atoms with E-state index in [4.69, 9.17) is 9.47 Å². The van der Waals surface area contributed by atoms with Gasteiger partial charge < -0.3 is 20.1 Å². The predicted molar refractivity (Wildman–Crippen MR) is 109 cm³/mol. The molecule has 0 fully saturated rings. The Kier molecular flexibility index (Phi) is 7.98. The lowest BCUT2D eigenvalue weighted by Crippen LogP contribution is -2.38. The van der Waals surface area contributed by atoms with E-state index in [0.717, 1.165) is 54.8 Å². The summed E-state index contributed by atoms with van der Waals surface area (Å²) in [5, 5.41) is 11.1. The van der Waals surface area contributed by atoms with E-state index in [1.54, 1.807) is 14.2 Å². The van der Waals surface area contributed by atoms with Crippen LogP contribution in [-0.2, 0) is 13.1 Å². The quantitative estimate of drug-likeness (QED) is 0.402. The highest BCUT2D eigenvalue weighted by atomic mass is 16.5. The van der Waals surface area contributed by atoms with Gasteiger partial charge in [0.15, 0.2) is 5.96 Å². The molecule has 0 amide bonds. The molecule has 0 spiro atoms. The molecule has 1 aromatic heterocycles. The summed E-state index contributed by atoms with van der Waals surface area (Å²) in [7, 11) is 3.30. The molecular formula is C20H31N5O2. The molecule has 0 radical (unpaired) electrons. The van der Waals surface area contributed by atoms with Crippen LogP contribution in [0.4, 0.5) is 0 Å². The third-order valence-corrected chi connectivity index (χ3v) is 4.19. The zero-order valence-corrected chi connectivity index (χ0v) is 17.0. The molecule has 0 saturated heterocycles. The average Bonchev–Trinajstić information content (AvgIpc) is 3.00. The van der Waals surface area contributed by atoms with Crippen LogP contribution < -0.4 is 20.1 Å². The molecule has 148 valence electrons. The number of nitrogens with zero attached hydrogens (tertiary/aromatic N) is 3. The summed E-state index contributed by atoms with van der Waals surface area (Å²) in [4.78, 5) is 4.67. The van der Waals surface area contributed by atoms with Crippen LogP contribution in [0.5, 0.6) is 11.5 Å². The Hall–Kier alpha value is -2.70. The molecular weight excluding hydrogens is 342 g/mol. The fourth-order valence-electron chi connectivity index (χ4n) is 2.83. The van der Waals surface area contributed by atoms with E-state index in [1.807, 2.05) is 29.8 Å². The van der Waals surface area contributed by atoms with Crippen LogP contribution in [-0.4, -0.2) is 43.0 Å². The molecule has 0 aliphatic heterocycles. The molecule has 2 rings (SSSR count). The largest absolute Gasteiger partial charge is 0.497 e. The van der Waals surface area contributed by atoms with Crippen molar-refractivity contribution in [2.75, 3.05) is 27.3 Å². The summed E-state index contributed by atoms with van der Waals surface area (Å²) in [6.45, 7) is 9.21. The molecule has 0 atom stereocenters. The molecule has 27 heavy (non-hydrogen) atoms. The first-order chi connectivity index (χ1) is 13.1. The number of aryl methyl sites for hydroxylation is 3. The van der Waals surface area contributed by atoms with Crippen molar-refractivity contribution in [2.45, 2.75) is 40.3 Å². The van der Waals surface area contributed by atoms with Crippen molar-refractivity contribution in [2.24, 2.45) is 4.99 Å². The van der Waals surface area contributed by atoms with Gasteiger partial charge in [0.05, 0.1) is 26.5 Å². The predicted octanol–water partition coefficient (Wildman–Crippen LogP) is 2.66. The number of hydrogen-bond donors (Lipinski definition) is 2. The summed E-state index contributed by atoms with van der Waals surface area (Å²) in [5.41, 5.74) is 3.27. The lowest BCUT2D eigenvalue weighted by Gasteiger charge is -2.13. The number of nitrogens with one attached hydrogen (secondary N) is 2. The molecule has 1 aromatic carbocycles. The van der Waals surface area contributed by atoms with E-state index in [1.165, 1.54) is 5.69 Å². The zero-order valence-electron chi connectivity index (χ0n) is 17.0. The van der Waals surface area contributed by atoms with Gasteiger partial charge in [0.1, 0.15) is 11.5 Å². The van der Waals surface area contributed by atoms with E-state index in [2.05, 4.69) is 40.6 Å². The van der Waals surface area contributed by atoms with Crippen molar-refractivity contribution >= 4 is 5.96 Å². The first-order valence-electron chi connectivity index (χ1n) is 9.31. The fraction of sp³-hybridized carbons (Fsp3) is 0.500. The number of guanidine groups is 1. The minimum atomic E-state index is 0.528. The van der Waals surface area contributed by atoms with Gasteiger partial charge in [0.25, 0.3) is 0 Å². The van der Waals surface area contributed by atoms with E-state index in [-0.39, 0.29) is 0 Å². The van der Waals surface area contributed by atoms with Crippen LogP contribution in [0, 0.1) is 13.8 Å². The van der Waals surface area contributed by atoms with Crippen LogP contribution in [0.1, 0.15) is 30.3 Å². The van der Waals surface area contributed by atoms with Crippen molar-refractivity contribution in [1.82, 2.24) is 20.4 Å². The van der Waals surface area contributed by atoms with Crippen molar-refractivity contribution in [3.8, 4) is 11.5 Å². The van der Waals surface area contributed by atoms with E-state index < -0.39 is 0 Å². The van der Waals surface area contributed by atoms with Gasteiger partial charge in [-0.2, -0.15) is 5.10 Å². The van der Waals surface area contributed by atoms with Crippen molar-refractivity contribution in [3.05, 3.63) is 41.2 Å². The maximum Gasteiger partial charge on any atom is 0.191 e. The second-order valence-electron chi connectivity index (χ2n) is 6.30. The first-order valence-corrected chi connectivity index (χ1v) is 9.31. The normalized spacial score (nSPS) is 11.4. The Balaban J connectivity index is 1.91. The Morgan fingerprint density at radius 2 is 1.96 bits per heavy atom. The van der Waals surface area contributed by atoms with E-state index in [0.29, 0.717) is 6.54 Å². The summed E-state index contributed by atoms with van der Waals surface area (Å²) in [6.07, 6.45) is 0.970. The molecule has 0 saturated carbocycles. The number of ether oxygens (including phenoxy) is 2. The molecule has 0 unspecified atom stereocenters. The molecule has 0 bridgehead atoms. The highest BCUT2D eigenvalue weighted by molar-refractivity contribution is 5.79. The second-order valence-corrected chi connectivity index (χ2v) is 6.30. The molecule has 2 aromatic rings. The number of benzene rings is 1. The lowest BCUT2D eigenvalue weighted by molar-refractivity contribution is 0.391. The van der Waals surface area contributed by atoms with Gasteiger partial charge in [-0.1, -0.05) is 0 Å². The summed E-state index contributed by atoms with van der Waals surface area (Å²) < 4.78 is 12.7. The summed E-state index contributed by atoms with van der Waals surface area (Å²) in [6, 6.07) is 7.87. The number of hydrogen-bond acceptors (Lipinski definition) is 4. The minimum Gasteiger partial charge on any atom is -0.497 e. The zero-order chi connectivity index (χ0) is 19.6. The Morgan fingerprint density at radius 1 is 1.15 bits per heavy atom. The number of aliphatic imine (C=N–C) groups is 1. The maximum atomic E-state index is 5.44. The van der Waals surface area contributed by atoms with Crippen molar-refractivity contribution in [3.63, 3.8) is 0 Å². The standard InChI is InChI=1S/C20H31N5O2/c1-6-21-20(22-10-7-11-25-16(3)12-15(2)24-25)23-14-17-8-9-18(26-4)13-19(17)27-5/h8-9,12-13H,6-7,10-11,14H2,1-5H3,(H2,21,22,23). The van der Waals surface area contributed by atoms with Crippen LogP contribution in [0.3, 0.4) is 0 Å². The van der Waals surface area contributed by atoms with Gasteiger partial charge >= 0.3 is 0 Å². The lowest BCUT2D eigenvalue weighted by atomic mass is 10.2. The molecule has 1 heterocycles. The van der Waals surface area contributed by atoms with Gasteiger partial charge in [0.2, 0.25) is 0 Å². The first kappa shape index (κ1) is 20.6. The summed E-state index contributed by atoms with van der Waals surface area (Å²) in [5.74, 6) is 2.34. The van der Waals surface area contributed by atoms with Crippen LogP contribution in [0.15, 0.2) is 29.3 Å². The van der Waals surface area contributed by atoms with Crippen LogP contribution in [0.2, 0.25) is 0 Å². The molecule has 7 nitrogen and oxygen atoms in total. The smallest absolute Gasteiger partial charge is 0.191 e. The van der Waals surface area contributed by atoms with Gasteiger partial charge in [-0.15, -0.1) is 0 Å². The van der Waals surface area contributed by atoms with Crippen molar-refractivity contribution < 1.29 is 9.47 Å². The third kappa shape index (κ3) is 6.20. The topological polar surface area (TPSA) is 72.7 Å². The Morgan fingerprint density at radius 3 is 2.59 bits per heavy atom. The highest BCUT2D eigenvalue weighted by Gasteiger charge is 2.06. The summed E-state index contributed by atoms with van der Waals surface area (Å²) >= 11 is 0. The number of rotatable bonds is 9. The molecule has 0 aliphatic rings. The van der Waals surface area contributed by atoms with Gasteiger partial charge in [-0.3, -0.25) is 4.68 Å². The van der Waals surface area contributed by atoms with Crippen LogP contribution >= 0.6 is 0 Å². The SMILES string of the molecule is CCNC(=NCc1ccc(OC)cc1OC)NCCCn1nc(C)cc1C. The van der Waals surface area contributed by atoms with Crippen molar-refractivity contribution in [1.29, 1.82) is 0 Å². The fourth-order valence-corrected chi connectivity index (χ4v) is 2.83. The van der Waals surface area contributed by atoms with E-state index >= 15 is 0 Å². The Labute approximate surface area is 161 Å². The number of aromatic nitrogens is 2. The minimum absolute atomic E-state index is 0.528. The van der Waals surface area contributed by atoms with Gasteiger partial charge in [0, 0.05) is 37.0 Å². The Bertz CT molecular complexity index is 755. The van der Waals surface area contributed by atoms with E-state index in [9.17, 15) is 0 Å². The van der Waals surface area contributed by atoms with Gasteiger partial charge in [-0.25, -0.2) is 4.99 Å². The number of methoxy groups -OCH3 is 2. The van der Waals surface area contributed by atoms with Gasteiger partial charge in [-0.05, 0) is 45.4 Å². The molecule has 2 N–H and O–H groups in total. The maximum absolute atomic E-state index is 5.44. The second kappa shape index (κ2) is 10.4. The van der Waals surface area contributed by atoms with Crippen LogP contribution in [0.25, 0.3) is 0 Å². The highest BCUT2D eigenvalue weighted by Crippen LogP contribution is 2.25.